The molecule has 2 atom stereocenters. The number of amides is 1. The molecule has 1 aliphatic rings. The zero-order valence-electron chi connectivity index (χ0n) is 18.7. The van der Waals surface area contributed by atoms with Crippen LogP contribution < -0.4 is 0 Å². The fraction of sp³-hybridized carbons (Fsp3) is 0.100. The Bertz CT molecular complexity index is 1500. The number of fused-ring (bicyclic) bond motifs is 2. The molecule has 2 heterocycles. The summed E-state index contributed by atoms with van der Waals surface area (Å²) in [5.74, 6) is -0.255. The molecule has 4 heteroatoms. The predicted octanol–water partition coefficient (Wildman–Crippen LogP) is 7.28. The highest BCUT2D eigenvalue weighted by molar-refractivity contribution is 6.02. The Labute approximate surface area is 197 Å². The molecule has 0 saturated carbocycles. The molecule has 0 fully saturated rings. The summed E-state index contributed by atoms with van der Waals surface area (Å²) in [5.41, 5.74) is 6.60. The normalized spacial score (nSPS) is 16.1. The van der Waals surface area contributed by atoms with Gasteiger partial charge < -0.3 is 9.88 Å². The van der Waals surface area contributed by atoms with Crippen LogP contribution in [0.15, 0.2) is 103 Å². The molecule has 1 aromatic heterocycles. The minimum atomic E-state index is -0.282. The molecule has 166 valence electrons. The van der Waals surface area contributed by atoms with Crippen LogP contribution >= 0.6 is 0 Å². The summed E-state index contributed by atoms with van der Waals surface area (Å²) in [7, 11) is 0. The van der Waals surface area contributed by atoms with Crippen LogP contribution in [-0.4, -0.2) is 15.8 Å². The number of halogens is 1. The second-order valence-corrected chi connectivity index (χ2v) is 8.76. The summed E-state index contributed by atoms with van der Waals surface area (Å²) >= 11 is 0. The van der Waals surface area contributed by atoms with Crippen molar-refractivity contribution in [3.05, 3.63) is 131 Å². The Morgan fingerprint density at radius 1 is 0.824 bits per heavy atom. The van der Waals surface area contributed by atoms with Crippen LogP contribution in [0.4, 0.5) is 4.39 Å². The second kappa shape index (κ2) is 7.99. The number of aromatic amines is 1. The zero-order valence-corrected chi connectivity index (χ0v) is 18.7. The molecule has 3 nitrogen and oxygen atoms in total. The van der Waals surface area contributed by atoms with E-state index in [1.807, 2.05) is 65.6 Å². The Balaban J connectivity index is 1.62. The van der Waals surface area contributed by atoms with Crippen LogP contribution in [0.5, 0.6) is 0 Å². The second-order valence-electron chi connectivity index (χ2n) is 8.76. The van der Waals surface area contributed by atoms with Gasteiger partial charge in [-0.05, 0) is 60.0 Å². The Hall–Kier alpha value is -4.18. The third kappa shape index (κ3) is 3.14. The van der Waals surface area contributed by atoms with E-state index in [4.69, 9.17) is 0 Å². The zero-order chi connectivity index (χ0) is 23.2. The van der Waals surface area contributed by atoms with Gasteiger partial charge in [-0.2, -0.15) is 0 Å². The molecule has 5 aromatic rings. The van der Waals surface area contributed by atoms with Gasteiger partial charge in [0, 0.05) is 22.0 Å². The van der Waals surface area contributed by atoms with E-state index in [0.29, 0.717) is 0 Å². The van der Waals surface area contributed by atoms with Crippen molar-refractivity contribution in [2.75, 3.05) is 0 Å². The fourth-order valence-electron chi connectivity index (χ4n) is 5.21. The van der Waals surface area contributed by atoms with Crippen LogP contribution in [0.3, 0.4) is 0 Å². The third-order valence-electron chi connectivity index (χ3n) is 6.85. The Morgan fingerprint density at radius 2 is 1.50 bits per heavy atom. The summed E-state index contributed by atoms with van der Waals surface area (Å²) in [4.78, 5) is 19.4. The largest absolute Gasteiger partial charge is 0.354 e. The van der Waals surface area contributed by atoms with Crippen LogP contribution in [0.25, 0.3) is 22.2 Å². The highest BCUT2D eigenvalue weighted by atomic mass is 19.1. The number of rotatable bonds is 4. The van der Waals surface area contributed by atoms with Crippen LogP contribution in [-0.2, 0) is 0 Å². The van der Waals surface area contributed by atoms with Gasteiger partial charge in [-0.15, -0.1) is 0 Å². The average Bonchev–Trinajstić information content (AvgIpc) is 3.40. The van der Waals surface area contributed by atoms with Crippen molar-refractivity contribution >= 4 is 16.8 Å². The molecule has 0 aliphatic carbocycles. The quantitative estimate of drug-likeness (QED) is 0.309. The van der Waals surface area contributed by atoms with Gasteiger partial charge in [0.05, 0.1) is 17.8 Å². The van der Waals surface area contributed by atoms with Gasteiger partial charge in [0.2, 0.25) is 0 Å². The number of para-hydroxylation sites is 1. The van der Waals surface area contributed by atoms with Crippen molar-refractivity contribution in [2.24, 2.45) is 0 Å². The SMILES string of the molecule is C[C@H](c1ccccc1)N1C(=O)c2ccccc2[C@H]1c1c(-c2ccc(F)cc2)[nH]c2ccccc12. The molecule has 1 N–H and O–H groups in total. The van der Waals surface area contributed by atoms with E-state index in [0.717, 1.165) is 44.4 Å². The number of benzene rings is 4. The topological polar surface area (TPSA) is 36.1 Å². The fourth-order valence-corrected chi connectivity index (χ4v) is 5.21. The van der Waals surface area contributed by atoms with Gasteiger partial charge in [0.1, 0.15) is 5.82 Å². The number of carbonyl (C=O) groups is 1. The van der Waals surface area contributed by atoms with Crippen LogP contribution in [0, 0.1) is 5.82 Å². The van der Waals surface area contributed by atoms with E-state index in [-0.39, 0.29) is 23.8 Å². The number of aromatic nitrogens is 1. The number of carbonyl (C=O) groups excluding carboxylic acids is 1. The van der Waals surface area contributed by atoms with E-state index in [9.17, 15) is 9.18 Å². The average molecular weight is 447 g/mol. The van der Waals surface area contributed by atoms with Gasteiger partial charge in [-0.3, -0.25) is 4.79 Å². The summed E-state index contributed by atoms with van der Waals surface area (Å²) < 4.78 is 13.7. The van der Waals surface area contributed by atoms with Gasteiger partial charge in [-0.25, -0.2) is 4.39 Å². The van der Waals surface area contributed by atoms with Gasteiger partial charge >= 0.3 is 0 Å². The molecule has 0 radical (unpaired) electrons. The van der Waals surface area contributed by atoms with Crippen molar-refractivity contribution in [3.8, 4) is 11.3 Å². The van der Waals surface area contributed by atoms with Crippen molar-refractivity contribution in [1.82, 2.24) is 9.88 Å². The van der Waals surface area contributed by atoms with Crippen LogP contribution in [0.1, 0.15) is 46.1 Å². The Kier molecular flexibility index (Phi) is 4.80. The first kappa shape index (κ1) is 20.4. The molecule has 0 spiro atoms. The molecule has 0 bridgehead atoms. The number of hydrogen-bond acceptors (Lipinski definition) is 1. The smallest absolute Gasteiger partial charge is 0.255 e. The lowest BCUT2D eigenvalue weighted by atomic mass is 9.92. The maximum atomic E-state index is 13.8. The summed E-state index contributed by atoms with van der Waals surface area (Å²) in [6.45, 7) is 2.08. The maximum Gasteiger partial charge on any atom is 0.255 e. The van der Waals surface area contributed by atoms with Crippen molar-refractivity contribution < 1.29 is 9.18 Å². The molecule has 34 heavy (non-hydrogen) atoms. The Morgan fingerprint density at radius 3 is 2.29 bits per heavy atom. The minimum Gasteiger partial charge on any atom is -0.354 e. The first-order valence-corrected chi connectivity index (χ1v) is 11.5. The molecule has 4 aromatic carbocycles. The maximum absolute atomic E-state index is 13.8. The van der Waals surface area contributed by atoms with Crippen molar-refractivity contribution in [2.45, 2.75) is 19.0 Å². The van der Waals surface area contributed by atoms with Crippen molar-refractivity contribution in [3.63, 3.8) is 0 Å². The monoisotopic (exact) mass is 446 g/mol. The predicted molar refractivity (Wildman–Crippen MR) is 133 cm³/mol. The molecular weight excluding hydrogens is 423 g/mol. The highest BCUT2D eigenvalue weighted by Crippen LogP contribution is 2.48. The number of nitrogens with one attached hydrogen (secondary N) is 1. The summed E-state index contributed by atoms with van der Waals surface area (Å²) in [5, 5.41) is 1.06. The molecular formula is C30H23FN2O. The summed E-state index contributed by atoms with van der Waals surface area (Å²) in [6, 6.07) is 32.2. The lowest BCUT2D eigenvalue weighted by Crippen LogP contribution is -2.31. The summed E-state index contributed by atoms with van der Waals surface area (Å²) in [6.07, 6.45) is 0. The lowest BCUT2D eigenvalue weighted by molar-refractivity contribution is 0.0678. The van der Waals surface area contributed by atoms with Crippen LogP contribution in [0.2, 0.25) is 0 Å². The van der Waals surface area contributed by atoms with E-state index in [1.165, 1.54) is 12.1 Å². The number of hydrogen-bond donors (Lipinski definition) is 1. The van der Waals surface area contributed by atoms with Gasteiger partial charge in [-0.1, -0.05) is 66.7 Å². The molecule has 0 unspecified atom stereocenters. The first-order valence-electron chi connectivity index (χ1n) is 11.5. The number of H-pyrrole nitrogens is 1. The molecule has 6 rings (SSSR count). The van der Waals surface area contributed by atoms with Gasteiger partial charge in [0.25, 0.3) is 5.91 Å². The van der Waals surface area contributed by atoms with Gasteiger partial charge in [0.15, 0.2) is 0 Å². The molecule has 0 saturated heterocycles. The van der Waals surface area contributed by atoms with Crippen molar-refractivity contribution in [1.29, 1.82) is 0 Å². The third-order valence-corrected chi connectivity index (χ3v) is 6.85. The number of nitrogens with zero attached hydrogens (tertiary/aromatic N) is 1. The highest BCUT2D eigenvalue weighted by Gasteiger charge is 2.42. The van der Waals surface area contributed by atoms with E-state index in [1.54, 1.807) is 12.1 Å². The molecule has 1 amide bonds. The van der Waals surface area contributed by atoms with E-state index < -0.39 is 0 Å². The molecule has 1 aliphatic heterocycles. The lowest BCUT2D eigenvalue weighted by Gasteiger charge is -2.32. The van der Waals surface area contributed by atoms with E-state index in [2.05, 4.69) is 30.1 Å². The minimum absolute atomic E-state index is 0.0206. The standard InChI is InChI=1S/C30H23FN2O/c1-19(20-9-3-2-4-10-20)33-29(23-11-5-6-12-24(23)30(33)34)27-25-13-7-8-14-26(25)32-28(27)21-15-17-22(31)18-16-21/h2-19,29,32H,1H3/t19-,29+/m1/s1. The van der Waals surface area contributed by atoms with E-state index >= 15 is 0 Å². The first-order chi connectivity index (χ1) is 16.6.